The smallest absolute Gasteiger partial charge is 0.233 e. The fraction of sp³-hybridized carbons (Fsp3) is 0.192. The van der Waals surface area contributed by atoms with Crippen LogP contribution >= 0.6 is 0 Å². The summed E-state index contributed by atoms with van der Waals surface area (Å²) >= 11 is 0. The van der Waals surface area contributed by atoms with Crippen LogP contribution in [0.2, 0.25) is 0 Å². The molecule has 0 fully saturated rings. The van der Waals surface area contributed by atoms with Crippen LogP contribution in [0.5, 0.6) is 5.75 Å². The van der Waals surface area contributed by atoms with E-state index in [0.717, 1.165) is 46.0 Å². The number of benzene rings is 1. The quantitative estimate of drug-likeness (QED) is 0.446. The van der Waals surface area contributed by atoms with Gasteiger partial charge in [-0.15, -0.1) is 0 Å². The van der Waals surface area contributed by atoms with Gasteiger partial charge in [0.05, 0.1) is 18.9 Å². The third kappa shape index (κ3) is 3.16. The number of ether oxygens (including phenoxy) is 2. The summed E-state index contributed by atoms with van der Waals surface area (Å²) in [5.41, 5.74) is 4.00. The van der Waals surface area contributed by atoms with Crippen LogP contribution in [0.3, 0.4) is 0 Å². The number of aliphatic imine (C=N–C) groups is 1. The average molecular weight is 464 g/mol. The van der Waals surface area contributed by atoms with Crippen LogP contribution in [0.1, 0.15) is 17.8 Å². The second-order valence-electron chi connectivity index (χ2n) is 8.64. The first-order chi connectivity index (χ1) is 17.3. The number of hydrogen-bond donors (Lipinski definition) is 0. The third-order valence-corrected chi connectivity index (χ3v) is 6.63. The summed E-state index contributed by atoms with van der Waals surface area (Å²) in [7, 11) is 0. The molecule has 172 valence electrons. The van der Waals surface area contributed by atoms with E-state index in [1.54, 1.807) is 24.8 Å². The van der Waals surface area contributed by atoms with Gasteiger partial charge in [0.15, 0.2) is 5.65 Å². The number of fused-ring (bicyclic) bond motifs is 6. The van der Waals surface area contributed by atoms with Crippen LogP contribution < -0.4 is 9.64 Å². The van der Waals surface area contributed by atoms with Crippen LogP contribution in [0.15, 0.2) is 78.5 Å². The number of hydrogen-bond acceptors (Lipinski definition) is 8. The van der Waals surface area contributed by atoms with E-state index in [0.29, 0.717) is 25.8 Å². The highest BCUT2D eigenvalue weighted by Gasteiger charge is 2.44. The molecule has 6 heterocycles. The molecule has 0 N–H and O–H groups in total. The summed E-state index contributed by atoms with van der Waals surface area (Å²) in [6.45, 7) is 1.61. The minimum Gasteiger partial charge on any atom is -0.493 e. The summed E-state index contributed by atoms with van der Waals surface area (Å²) < 4.78 is 14.3. The van der Waals surface area contributed by atoms with E-state index in [4.69, 9.17) is 19.4 Å². The molecule has 0 radical (unpaired) electrons. The molecule has 9 nitrogen and oxygen atoms in total. The predicted molar refractivity (Wildman–Crippen MR) is 131 cm³/mol. The van der Waals surface area contributed by atoms with E-state index in [1.807, 2.05) is 53.7 Å². The Bertz CT molecular complexity index is 1500. The Morgan fingerprint density at radius 2 is 1.89 bits per heavy atom. The Kier molecular flexibility index (Phi) is 4.49. The van der Waals surface area contributed by atoms with Gasteiger partial charge in [-0.1, -0.05) is 18.2 Å². The Balaban J connectivity index is 1.33. The van der Waals surface area contributed by atoms with E-state index in [1.165, 1.54) is 0 Å². The Labute approximate surface area is 201 Å². The molecule has 0 aliphatic carbocycles. The van der Waals surface area contributed by atoms with Gasteiger partial charge in [-0.25, -0.2) is 19.9 Å². The predicted octanol–water partition coefficient (Wildman–Crippen LogP) is 3.82. The SMILES string of the molecule is C1=CN(c2ncc(-c3ccc4nc5n(c4n3)C3(CCOc4ccccc43)COC5)cn2)C=CN=C1. The standard InChI is InChI=1S/C26H21N7O2/c1-2-5-22-19(4-1)26(8-13-35-22)17-34-16-23-30-21-7-6-20(31-24(21)33(23)26)18-14-28-25(29-15-18)32-11-3-9-27-10-12-32/h1-7,9-12,14-15H,8,13,16-17H2. The number of anilines is 1. The van der Waals surface area contributed by atoms with Crippen molar-refractivity contribution in [1.82, 2.24) is 24.5 Å². The maximum atomic E-state index is 6.06. The van der Waals surface area contributed by atoms with Crippen LogP contribution in [-0.2, 0) is 16.9 Å². The maximum absolute atomic E-state index is 6.06. The first-order valence-corrected chi connectivity index (χ1v) is 11.5. The number of allylic oxidation sites excluding steroid dienone is 1. The molecule has 9 heteroatoms. The molecule has 1 spiro atoms. The molecule has 0 bridgehead atoms. The van der Waals surface area contributed by atoms with Crippen molar-refractivity contribution >= 4 is 23.3 Å². The molecule has 4 aromatic rings. The second-order valence-corrected chi connectivity index (χ2v) is 8.64. The number of rotatable bonds is 2. The zero-order valence-corrected chi connectivity index (χ0v) is 18.8. The van der Waals surface area contributed by atoms with Crippen molar-refractivity contribution in [3.63, 3.8) is 0 Å². The van der Waals surface area contributed by atoms with Crippen LogP contribution in [0.4, 0.5) is 5.95 Å². The average Bonchev–Trinajstić information content (AvgIpc) is 3.08. The van der Waals surface area contributed by atoms with Gasteiger partial charge in [-0.2, -0.15) is 0 Å². The van der Waals surface area contributed by atoms with E-state index >= 15 is 0 Å². The van der Waals surface area contributed by atoms with Crippen molar-refractivity contribution in [2.24, 2.45) is 4.99 Å². The highest BCUT2D eigenvalue weighted by Crippen LogP contribution is 2.44. The molecule has 1 atom stereocenters. The number of nitrogens with zero attached hydrogens (tertiary/aromatic N) is 7. The fourth-order valence-electron chi connectivity index (χ4n) is 5.02. The van der Waals surface area contributed by atoms with Gasteiger partial charge in [-0.3, -0.25) is 14.5 Å². The zero-order chi connectivity index (χ0) is 23.2. The lowest BCUT2D eigenvalue weighted by Crippen LogP contribution is -2.47. The monoisotopic (exact) mass is 463 g/mol. The number of para-hydroxylation sites is 1. The van der Waals surface area contributed by atoms with Gasteiger partial charge in [0.25, 0.3) is 0 Å². The van der Waals surface area contributed by atoms with Gasteiger partial charge in [-0.05, 0) is 24.3 Å². The van der Waals surface area contributed by atoms with Gasteiger partial charge in [0, 0.05) is 54.8 Å². The molecule has 0 saturated heterocycles. The second kappa shape index (κ2) is 7.85. The summed E-state index contributed by atoms with van der Waals surface area (Å²) in [6.07, 6.45) is 13.3. The molecule has 3 aromatic heterocycles. The van der Waals surface area contributed by atoms with E-state index < -0.39 is 5.54 Å². The normalized spacial score (nSPS) is 20.5. The lowest BCUT2D eigenvalue weighted by atomic mass is 9.84. The molecule has 3 aliphatic rings. The Hall–Kier alpha value is -4.37. The Morgan fingerprint density at radius 3 is 2.83 bits per heavy atom. The molecule has 35 heavy (non-hydrogen) atoms. The van der Waals surface area contributed by atoms with Crippen LogP contribution in [0.25, 0.3) is 22.4 Å². The number of aromatic nitrogens is 5. The van der Waals surface area contributed by atoms with Crippen molar-refractivity contribution in [2.75, 3.05) is 18.1 Å². The van der Waals surface area contributed by atoms with E-state index in [2.05, 4.69) is 25.6 Å². The fourth-order valence-corrected chi connectivity index (χ4v) is 5.02. The van der Waals surface area contributed by atoms with Crippen molar-refractivity contribution < 1.29 is 9.47 Å². The molecule has 3 aliphatic heterocycles. The van der Waals surface area contributed by atoms with Gasteiger partial charge in [0.1, 0.15) is 29.2 Å². The first-order valence-electron chi connectivity index (χ1n) is 11.5. The first kappa shape index (κ1) is 20.0. The molecule has 0 saturated carbocycles. The molecule has 0 amide bonds. The topological polar surface area (TPSA) is 90.6 Å². The Morgan fingerprint density at radius 1 is 0.971 bits per heavy atom. The molecule has 1 aromatic carbocycles. The number of pyridine rings is 1. The lowest BCUT2D eigenvalue weighted by Gasteiger charge is -2.43. The van der Waals surface area contributed by atoms with E-state index in [9.17, 15) is 0 Å². The van der Waals surface area contributed by atoms with Gasteiger partial charge < -0.3 is 9.47 Å². The highest BCUT2D eigenvalue weighted by atomic mass is 16.5. The highest BCUT2D eigenvalue weighted by molar-refractivity contribution is 5.77. The minimum absolute atomic E-state index is 0.406. The van der Waals surface area contributed by atoms with Gasteiger partial charge in [0.2, 0.25) is 5.95 Å². The summed E-state index contributed by atoms with van der Waals surface area (Å²) in [6, 6.07) is 12.1. The molecule has 7 rings (SSSR count). The van der Waals surface area contributed by atoms with Crippen molar-refractivity contribution in [3.8, 4) is 17.0 Å². The van der Waals surface area contributed by atoms with Crippen LogP contribution in [-0.4, -0.2) is 43.9 Å². The van der Waals surface area contributed by atoms with Gasteiger partial charge >= 0.3 is 0 Å². The lowest BCUT2D eigenvalue weighted by molar-refractivity contribution is 0.00399. The third-order valence-electron chi connectivity index (χ3n) is 6.63. The number of imidazole rings is 1. The molecular formula is C26H21N7O2. The zero-order valence-electron chi connectivity index (χ0n) is 18.8. The van der Waals surface area contributed by atoms with E-state index in [-0.39, 0.29) is 0 Å². The molecule has 1 unspecified atom stereocenters. The van der Waals surface area contributed by atoms with Crippen LogP contribution in [0, 0.1) is 0 Å². The summed E-state index contributed by atoms with van der Waals surface area (Å²) in [5, 5.41) is 0. The van der Waals surface area contributed by atoms with Crippen molar-refractivity contribution in [2.45, 2.75) is 18.6 Å². The minimum atomic E-state index is -0.406. The summed E-state index contributed by atoms with van der Waals surface area (Å²) in [4.78, 5) is 24.9. The molecular weight excluding hydrogens is 442 g/mol. The maximum Gasteiger partial charge on any atom is 0.233 e. The largest absolute Gasteiger partial charge is 0.493 e. The summed E-state index contributed by atoms with van der Waals surface area (Å²) in [5.74, 6) is 2.32. The van der Waals surface area contributed by atoms with Crippen molar-refractivity contribution in [1.29, 1.82) is 0 Å². The van der Waals surface area contributed by atoms with Crippen molar-refractivity contribution in [3.05, 3.63) is 84.9 Å².